The summed E-state index contributed by atoms with van der Waals surface area (Å²) in [6.07, 6.45) is 1.43. The van der Waals surface area contributed by atoms with Gasteiger partial charge in [0, 0.05) is 34.7 Å². The Balaban J connectivity index is 1.76. The number of Topliss-reactive ketones (excluding diaryl/α,β-unsaturated/α-hetero) is 1. The molecule has 1 aliphatic rings. The van der Waals surface area contributed by atoms with Crippen molar-refractivity contribution in [3.63, 3.8) is 0 Å². The first kappa shape index (κ1) is 21.2. The van der Waals surface area contributed by atoms with E-state index >= 15 is 0 Å². The fourth-order valence-corrected chi connectivity index (χ4v) is 4.42. The normalized spacial score (nSPS) is 15.5. The number of esters is 1. The summed E-state index contributed by atoms with van der Waals surface area (Å²) in [6, 6.07) is 15.2. The van der Waals surface area contributed by atoms with Crippen LogP contribution in [0, 0.1) is 0 Å². The van der Waals surface area contributed by atoms with Crippen LogP contribution < -0.4 is 4.74 Å². The summed E-state index contributed by atoms with van der Waals surface area (Å²) in [4.78, 5) is 29.2. The van der Waals surface area contributed by atoms with Crippen LogP contribution in [0.25, 0.3) is 0 Å². The van der Waals surface area contributed by atoms with Crippen LogP contribution in [-0.4, -0.2) is 30.5 Å². The molecule has 0 spiro atoms. The van der Waals surface area contributed by atoms with Gasteiger partial charge in [-0.2, -0.15) is 0 Å². The van der Waals surface area contributed by atoms with Gasteiger partial charge in [0.25, 0.3) is 0 Å². The second-order valence-electron chi connectivity index (χ2n) is 7.62. The Bertz CT molecular complexity index is 1120. The van der Waals surface area contributed by atoms with Crippen molar-refractivity contribution in [2.75, 3.05) is 13.7 Å². The summed E-state index contributed by atoms with van der Waals surface area (Å²) in [5.41, 5.74) is 4.38. The number of halogens is 1. The molecule has 160 valence electrons. The molecular formula is C25H24ClNO4. The smallest absolute Gasteiger partial charge is 0.355 e. The highest BCUT2D eigenvalue weighted by Crippen LogP contribution is 2.37. The summed E-state index contributed by atoms with van der Waals surface area (Å²) in [7, 11) is 1.61. The van der Waals surface area contributed by atoms with Crippen molar-refractivity contribution in [1.82, 2.24) is 4.98 Å². The van der Waals surface area contributed by atoms with E-state index < -0.39 is 5.97 Å². The third-order valence-corrected chi connectivity index (χ3v) is 5.98. The highest BCUT2D eigenvalue weighted by atomic mass is 35.5. The zero-order valence-electron chi connectivity index (χ0n) is 17.5. The van der Waals surface area contributed by atoms with E-state index in [4.69, 9.17) is 21.1 Å². The van der Waals surface area contributed by atoms with Crippen LogP contribution in [0.5, 0.6) is 5.75 Å². The van der Waals surface area contributed by atoms with Crippen molar-refractivity contribution < 1.29 is 19.1 Å². The molecule has 6 heteroatoms. The Labute approximate surface area is 186 Å². The number of benzene rings is 2. The largest absolute Gasteiger partial charge is 0.496 e. The first-order valence-corrected chi connectivity index (χ1v) is 10.7. The van der Waals surface area contributed by atoms with E-state index in [1.807, 2.05) is 48.5 Å². The van der Waals surface area contributed by atoms with E-state index in [9.17, 15) is 9.59 Å². The van der Waals surface area contributed by atoms with Gasteiger partial charge in [0.05, 0.1) is 13.7 Å². The van der Waals surface area contributed by atoms with Crippen LogP contribution in [0.3, 0.4) is 0 Å². The first-order chi connectivity index (χ1) is 15.0. The molecule has 0 amide bonds. The number of carbonyl (C=O) groups is 2. The van der Waals surface area contributed by atoms with E-state index in [1.54, 1.807) is 14.0 Å². The maximum atomic E-state index is 13.3. The molecule has 0 bridgehead atoms. The molecule has 1 atom stereocenters. The van der Waals surface area contributed by atoms with Crippen LogP contribution in [0.1, 0.15) is 62.5 Å². The quantitative estimate of drug-likeness (QED) is 0.527. The lowest BCUT2D eigenvalue weighted by Gasteiger charge is -2.22. The molecule has 2 aromatic carbocycles. The van der Waals surface area contributed by atoms with Crippen molar-refractivity contribution in [1.29, 1.82) is 0 Å². The lowest BCUT2D eigenvalue weighted by atomic mass is 9.80. The van der Waals surface area contributed by atoms with Crippen LogP contribution >= 0.6 is 11.6 Å². The van der Waals surface area contributed by atoms with Crippen LogP contribution in [0.2, 0.25) is 5.02 Å². The number of hydrogen-bond acceptors (Lipinski definition) is 4. The van der Waals surface area contributed by atoms with Crippen LogP contribution in [0.15, 0.2) is 48.5 Å². The maximum absolute atomic E-state index is 13.3. The summed E-state index contributed by atoms with van der Waals surface area (Å²) in [5.74, 6) is 0.329. The number of H-pyrrole nitrogens is 1. The molecule has 0 aliphatic heterocycles. The molecule has 1 heterocycles. The second kappa shape index (κ2) is 8.98. The molecule has 0 saturated heterocycles. The number of nitrogens with one attached hydrogen (secondary N) is 1. The van der Waals surface area contributed by atoms with Crippen molar-refractivity contribution in [3.05, 3.63) is 87.2 Å². The molecule has 1 unspecified atom stereocenters. The van der Waals surface area contributed by atoms with Gasteiger partial charge in [0.15, 0.2) is 5.78 Å². The molecule has 0 fully saturated rings. The predicted molar refractivity (Wildman–Crippen MR) is 119 cm³/mol. The molecule has 3 aromatic rings. The molecule has 1 aliphatic carbocycles. The average molecular weight is 438 g/mol. The molecule has 0 saturated carbocycles. The van der Waals surface area contributed by atoms with E-state index in [2.05, 4.69) is 4.98 Å². The molecule has 5 nitrogen and oxygen atoms in total. The minimum Gasteiger partial charge on any atom is -0.496 e. The number of rotatable bonds is 6. The molecule has 0 radical (unpaired) electrons. The Hall–Kier alpha value is -3.05. The van der Waals surface area contributed by atoms with E-state index in [0.717, 1.165) is 22.6 Å². The number of fused-ring (bicyclic) bond motifs is 1. The van der Waals surface area contributed by atoms with E-state index in [-0.39, 0.29) is 18.3 Å². The standard InChI is InChI=1S/C25H24ClNO4/c1-3-31-25(29)24-19(12-16-6-4-5-7-22(16)30-2)23-20(27-24)13-17(14-21(23)28)15-8-10-18(26)11-9-15/h4-11,17,27H,3,12-14H2,1-2H3. The number of aromatic amines is 1. The number of ketones is 1. The third-order valence-electron chi connectivity index (χ3n) is 5.72. The monoisotopic (exact) mass is 437 g/mol. The summed E-state index contributed by atoms with van der Waals surface area (Å²) in [5, 5.41) is 0.662. The fourth-order valence-electron chi connectivity index (χ4n) is 4.29. The van der Waals surface area contributed by atoms with Crippen molar-refractivity contribution >= 4 is 23.4 Å². The molecule has 31 heavy (non-hydrogen) atoms. The topological polar surface area (TPSA) is 68.4 Å². The van der Waals surface area contributed by atoms with Gasteiger partial charge in [-0.3, -0.25) is 4.79 Å². The number of methoxy groups -OCH3 is 1. The number of hydrogen-bond donors (Lipinski definition) is 1. The average Bonchev–Trinajstić information content (AvgIpc) is 3.13. The minimum atomic E-state index is -0.447. The fraction of sp³-hybridized carbons (Fsp3) is 0.280. The van der Waals surface area contributed by atoms with E-state index in [1.165, 1.54) is 0 Å². The number of carbonyl (C=O) groups excluding carboxylic acids is 2. The highest BCUT2D eigenvalue weighted by molar-refractivity contribution is 6.30. The Morgan fingerprint density at radius 1 is 1.13 bits per heavy atom. The molecule has 1 aromatic heterocycles. The third kappa shape index (κ3) is 4.23. The van der Waals surface area contributed by atoms with Gasteiger partial charge >= 0.3 is 5.97 Å². The Morgan fingerprint density at radius 2 is 1.87 bits per heavy atom. The zero-order chi connectivity index (χ0) is 22.0. The van der Waals surface area contributed by atoms with Crippen LogP contribution in [0.4, 0.5) is 0 Å². The maximum Gasteiger partial charge on any atom is 0.355 e. The summed E-state index contributed by atoms with van der Waals surface area (Å²) >= 11 is 6.02. The lowest BCUT2D eigenvalue weighted by molar-refractivity contribution is 0.0519. The molecular weight excluding hydrogens is 414 g/mol. The van der Waals surface area contributed by atoms with Gasteiger partial charge in [-0.05, 0) is 48.6 Å². The van der Waals surface area contributed by atoms with Gasteiger partial charge in [-0.15, -0.1) is 0 Å². The molecule has 1 N–H and O–H groups in total. The van der Waals surface area contributed by atoms with Crippen molar-refractivity contribution in [3.8, 4) is 5.75 Å². The van der Waals surface area contributed by atoms with Crippen molar-refractivity contribution in [2.24, 2.45) is 0 Å². The number of para-hydroxylation sites is 1. The van der Waals surface area contributed by atoms with E-state index in [0.29, 0.717) is 41.1 Å². The summed E-state index contributed by atoms with van der Waals surface area (Å²) in [6.45, 7) is 2.03. The Kier molecular flexibility index (Phi) is 6.14. The van der Waals surface area contributed by atoms with Gasteiger partial charge < -0.3 is 14.5 Å². The summed E-state index contributed by atoms with van der Waals surface area (Å²) < 4.78 is 10.7. The highest BCUT2D eigenvalue weighted by Gasteiger charge is 2.34. The lowest BCUT2D eigenvalue weighted by Crippen LogP contribution is -2.19. The van der Waals surface area contributed by atoms with Gasteiger partial charge in [0.2, 0.25) is 0 Å². The SMILES string of the molecule is CCOC(=O)c1[nH]c2c(c1Cc1ccccc1OC)C(=O)CC(c1ccc(Cl)cc1)C2. The predicted octanol–water partition coefficient (Wildman–Crippen LogP) is 5.36. The zero-order valence-corrected chi connectivity index (χ0v) is 18.3. The van der Waals surface area contributed by atoms with Gasteiger partial charge in [0.1, 0.15) is 11.4 Å². The number of ether oxygens (including phenoxy) is 2. The Morgan fingerprint density at radius 3 is 2.58 bits per heavy atom. The van der Waals surface area contributed by atoms with Gasteiger partial charge in [-0.25, -0.2) is 4.79 Å². The second-order valence-corrected chi connectivity index (χ2v) is 8.06. The minimum absolute atomic E-state index is 0.0258. The number of aromatic nitrogens is 1. The van der Waals surface area contributed by atoms with Crippen LogP contribution in [-0.2, 0) is 17.6 Å². The van der Waals surface area contributed by atoms with Gasteiger partial charge in [-0.1, -0.05) is 41.9 Å². The first-order valence-electron chi connectivity index (χ1n) is 10.3. The van der Waals surface area contributed by atoms with Crippen molar-refractivity contribution in [2.45, 2.75) is 32.1 Å². The molecule has 4 rings (SSSR count).